The first-order chi connectivity index (χ1) is 9.25. The second kappa shape index (κ2) is 4.57. The van der Waals surface area contributed by atoms with Crippen LogP contribution in [0, 0.1) is 5.82 Å². The van der Waals surface area contributed by atoms with E-state index in [9.17, 15) is 4.39 Å². The van der Waals surface area contributed by atoms with Crippen molar-refractivity contribution in [2.75, 3.05) is 5.73 Å². The van der Waals surface area contributed by atoms with Gasteiger partial charge in [-0.25, -0.2) is 4.39 Å². The number of H-pyrrole nitrogens is 1. The number of hydrogen-bond donors (Lipinski definition) is 2. The molecule has 0 radical (unpaired) electrons. The molecule has 0 unspecified atom stereocenters. The molecule has 0 saturated heterocycles. The monoisotopic (exact) mass is 253 g/mol. The fraction of sp³-hybridized carbons (Fsp3) is 0. The SMILES string of the molecule is Nc1ccccc1-c1cc(-c2ccccc2F)[nH]n1. The summed E-state index contributed by atoms with van der Waals surface area (Å²) in [5.74, 6) is -0.279. The number of rotatable bonds is 2. The van der Waals surface area contributed by atoms with Gasteiger partial charge >= 0.3 is 0 Å². The van der Waals surface area contributed by atoms with E-state index in [4.69, 9.17) is 5.73 Å². The van der Waals surface area contributed by atoms with Gasteiger partial charge in [-0.3, -0.25) is 5.10 Å². The molecule has 3 N–H and O–H groups in total. The first-order valence-electron chi connectivity index (χ1n) is 5.91. The summed E-state index contributed by atoms with van der Waals surface area (Å²) in [6.07, 6.45) is 0. The maximum absolute atomic E-state index is 13.7. The van der Waals surface area contributed by atoms with Crippen molar-refractivity contribution in [3.05, 3.63) is 60.4 Å². The van der Waals surface area contributed by atoms with Crippen LogP contribution in [0.3, 0.4) is 0 Å². The van der Waals surface area contributed by atoms with Crippen LogP contribution in [-0.4, -0.2) is 10.2 Å². The summed E-state index contributed by atoms with van der Waals surface area (Å²) in [5.41, 5.74) is 9.22. The first kappa shape index (κ1) is 11.5. The molecule has 0 atom stereocenters. The predicted molar refractivity (Wildman–Crippen MR) is 73.8 cm³/mol. The molecular formula is C15H12FN3. The number of hydrogen-bond acceptors (Lipinski definition) is 2. The third-order valence-electron chi connectivity index (χ3n) is 2.98. The summed E-state index contributed by atoms with van der Waals surface area (Å²) >= 11 is 0. The molecule has 2 aromatic carbocycles. The van der Waals surface area contributed by atoms with Crippen LogP contribution in [0.1, 0.15) is 0 Å². The highest BCUT2D eigenvalue weighted by molar-refractivity contribution is 5.76. The topological polar surface area (TPSA) is 54.7 Å². The van der Waals surface area contributed by atoms with Gasteiger partial charge in [0, 0.05) is 16.8 Å². The molecule has 0 aliphatic rings. The van der Waals surface area contributed by atoms with E-state index in [-0.39, 0.29) is 5.82 Å². The standard InChI is InChI=1S/C15H12FN3/c16-12-7-3-1-5-10(12)14-9-15(19-18-14)11-6-2-4-8-13(11)17/h1-9H,17H2,(H,18,19). The van der Waals surface area contributed by atoms with Crippen molar-refractivity contribution in [3.8, 4) is 22.5 Å². The van der Waals surface area contributed by atoms with Crippen LogP contribution in [0.5, 0.6) is 0 Å². The van der Waals surface area contributed by atoms with E-state index >= 15 is 0 Å². The van der Waals surface area contributed by atoms with Crippen LogP contribution in [0.2, 0.25) is 0 Å². The number of aromatic nitrogens is 2. The third-order valence-corrected chi connectivity index (χ3v) is 2.98. The van der Waals surface area contributed by atoms with Gasteiger partial charge in [-0.15, -0.1) is 0 Å². The minimum atomic E-state index is -0.279. The lowest BCUT2D eigenvalue weighted by atomic mass is 10.1. The summed E-state index contributed by atoms with van der Waals surface area (Å²) in [6.45, 7) is 0. The predicted octanol–water partition coefficient (Wildman–Crippen LogP) is 3.47. The Labute approximate surface area is 109 Å². The zero-order chi connectivity index (χ0) is 13.2. The van der Waals surface area contributed by atoms with Gasteiger partial charge in [0.15, 0.2) is 0 Å². The minimum Gasteiger partial charge on any atom is -0.398 e. The number of anilines is 1. The number of benzene rings is 2. The highest BCUT2D eigenvalue weighted by Crippen LogP contribution is 2.28. The van der Waals surface area contributed by atoms with E-state index in [0.717, 1.165) is 5.56 Å². The lowest BCUT2D eigenvalue weighted by molar-refractivity contribution is 0.630. The van der Waals surface area contributed by atoms with E-state index in [1.165, 1.54) is 6.07 Å². The largest absolute Gasteiger partial charge is 0.398 e. The molecule has 94 valence electrons. The molecule has 0 aliphatic carbocycles. The number of nitrogens with one attached hydrogen (secondary N) is 1. The maximum atomic E-state index is 13.7. The first-order valence-corrected chi connectivity index (χ1v) is 5.91. The summed E-state index contributed by atoms with van der Waals surface area (Å²) in [7, 11) is 0. The molecule has 1 heterocycles. The van der Waals surface area contributed by atoms with Crippen LogP contribution in [0.25, 0.3) is 22.5 Å². The summed E-state index contributed by atoms with van der Waals surface area (Å²) in [6, 6.07) is 15.8. The Morgan fingerprint density at radius 2 is 1.63 bits per heavy atom. The Balaban J connectivity index is 2.06. The molecule has 0 bridgehead atoms. The van der Waals surface area contributed by atoms with Crippen LogP contribution in [-0.2, 0) is 0 Å². The number of nitrogens with zero attached hydrogens (tertiary/aromatic N) is 1. The molecule has 3 rings (SSSR count). The van der Waals surface area contributed by atoms with E-state index in [2.05, 4.69) is 10.2 Å². The van der Waals surface area contributed by atoms with Crippen molar-refractivity contribution in [1.82, 2.24) is 10.2 Å². The lowest BCUT2D eigenvalue weighted by Crippen LogP contribution is -1.88. The van der Waals surface area contributed by atoms with Crippen LogP contribution in [0.4, 0.5) is 10.1 Å². The number of nitrogen functional groups attached to an aromatic ring is 1. The average Bonchev–Trinajstić information content (AvgIpc) is 2.89. The fourth-order valence-electron chi connectivity index (χ4n) is 2.01. The molecule has 4 heteroatoms. The van der Waals surface area contributed by atoms with Crippen molar-refractivity contribution in [2.24, 2.45) is 0 Å². The van der Waals surface area contributed by atoms with Crippen molar-refractivity contribution in [2.45, 2.75) is 0 Å². The number of para-hydroxylation sites is 1. The second-order valence-electron chi connectivity index (χ2n) is 4.23. The van der Waals surface area contributed by atoms with Crippen molar-refractivity contribution in [3.63, 3.8) is 0 Å². The van der Waals surface area contributed by atoms with E-state index in [1.807, 2.05) is 24.3 Å². The summed E-state index contributed by atoms with van der Waals surface area (Å²) in [4.78, 5) is 0. The molecule has 1 aromatic heterocycles. The maximum Gasteiger partial charge on any atom is 0.132 e. The van der Waals surface area contributed by atoms with E-state index < -0.39 is 0 Å². The van der Waals surface area contributed by atoms with Gasteiger partial charge in [-0.05, 0) is 24.3 Å². The van der Waals surface area contributed by atoms with Gasteiger partial charge in [-0.1, -0.05) is 30.3 Å². The minimum absolute atomic E-state index is 0.279. The molecule has 3 nitrogen and oxygen atoms in total. The van der Waals surface area contributed by atoms with E-state index in [1.54, 1.807) is 24.3 Å². The highest BCUT2D eigenvalue weighted by Gasteiger charge is 2.10. The zero-order valence-corrected chi connectivity index (χ0v) is 10.1. The molecule has 0 saturated carbocycles. The molecule has 3 aromatic rings. The Morgan fingerprint density at radius 1 is 0.947 bits per heavy atom. The number of nitrogens with two attached hydrogens (primary N) is 1. The zero-order valence-electron chi connectivity index (χ0n) is 10.1. The second-order valence-corrected chi connectivity index (χ2v) is 4.23. The average molecular weight is 253 g/mol. The molecule has 0 spiro atoms. The smallest absolute Gasteiger partial charge is 0.132 e. The van der Waals surface area contributed by atoms with Gasteiger partial charge in [0.2, 0.25) is 0 Å². The van der Waals surface area contributed by atoms with Crippen LogP contribution in [0.15, 0.2) is 54.6 Å². The van der Waals surface area contributed by atoms with Gasteiger partial charge in [-0.2, -0.15) is 5.10 Å². The van der Waals surface area contributed by atoms with E-state index in [0.29, 0.717) is 22.6 Å². The molecule has 0 aliphatic heterocycles. The van der Waals surface area contributed by atoms with Gasteiger partial charge in [0.25, 0.3) is 0 Å². The fourth-order valence-corrected chi connectivity index (χ4v) is 2.01. The number of halogens is 1. The van der Waals surface area contributed by atoms with Gasteiger partial charge in [0.1, 0.15) is 5.82 Å². The molecule has 0 fully saturated rings. The summed E-state index contributed by atoms with van der Waals surface area (Å²) < 4.78 is 13.7. The van der Waals surface area contributed by atoms with Crippen LogP contribution < -0.4 is 5.73 Å². The molecule has 19 heavy (non-hydrogen) atoms. The summed E-state index contributed by atoms with van der Waals surface area (Å²) in [5, 5.41) is 7.04. The Morgan fingerprint density at radius 3 is 2.37 bits per heavy atom. The van der Waals surface area contributed by atoms with Gasteiger partial charge < -0.3 is 5.73 Å². The normalized spacial score (nSPS) is 10.6. The van der Waals surface area contributed by atoms with Gasteiger partial charge in [0.05, 0.1) is 11.4 Å². The van der Waals surface area contributed by atoms with Crippen molar-refractivity contribution >= 4 is 5.69 Å². The third kappa shape index (κ3) is 2.08. The quantitative estimate of drug-likeness (QED) is 0.687. The highest BCUT2D eigenvalue weighted by atomic mass is 19.1. The lowest BCUT2D eigenvalue weighted by Gasteiger charge is -2.00. The number of aromatic amines is 1. The van der Waals surface area contributed by atoms with Crippen molar-refractivity contribution < 1.29 is 4.39 Å². The Kier molecular flexibility index (Phi) is 2.76. The molecular weight excluding hydrogens is 241 g/mol. The Hall–Kier alpha value is -2.62. The Bertz CT molecular complexity index is 659. The van der Waals surface area contributed by atoms with Crippen LogP contribution >= 0.6 is 0 Å². The molecule has 0 amide bonds. The van der Waals surface area contributed by atoms with Crippen molar-refractivity contribution in [1.29, 1.82) is 0 Å².